The van der Waals surface area contributed by atoms with Gasteiger partial charge in [0, 0.05) is 0 Å². The second kappa shape index (κ2) is 13.2. The molecule has 0 saturated heterocycles. The zero-order chi connectivity index (χ0) is 34.9. The number of hydrogen-bond acceptors (Lipinski definition) is 0. The normalized spacial score (nSPS) is 16.7. The summed E-state index contributed by atoms with van der Waals surface area (Å²) in [4.78, 5) is 0. The zero-order valence-electron chi connectivity index (χ0n) is 30.2. The van der Waals surface area contributed by atoms with Gasteiger partial charge in [0.15, 0.2) is 0 Å². The molecular formula is C43H48Cl2Si3Zr. The van der Waals surface area contributed by atoms with Gasteiger partial charge in [-0.15, -0.1) is 0 Å². The van der Waals surface area contributed by atoms with Gasteiger partial charge in [-0.2, -0.15) is 0 Å². The second-order valence-corrected chi connectivity index (χ2v) is 42.3. The fourth-order valence-corrected chi connectivity index (χ4v) is 27.4. The number of allylic oxidation sites excluding steroid dienone is 1. The molecule has 1 aliphatic heterocycles. The first-order valence-electron chi connectivity index (χ1n) is 17.9. The molecule has 0 aromatic heterocycles. The Hall–Kier alpha value is -2.05. The van der Waals surface area contributed by atoms with Crippen molar-refractivity contribution in [3.63, 3.8) is 0 Å². The van der Waals surface area contributed by atoms with Crippen LogP contribution in [0.25, 0.3) is 39.5 Å². The molecule has 0 bridgehead atoms. The summed E-state index contributed by atoms with van der Waals surface area (Å²) in [5.41, 5.74) is 12.1. The third kappa shape index (κ3) is 6.38. The summed E-state index contributed by atoms with van der Waals surface area (Å²) in [5.74, 6) is 0.385. The van der Waals surface area contributed by atoms with Crippen LogP contribution in [0.2, 0.25) is 39.3 Å². The van der Waals surface area contributed by atoms with E-state index in [0.717, 1.165) is 6.42 Å². The molecule has 0 N–H and O–H groups in total. The predicted molar refractivity (Wildman–Crippen MR) is 224 cm³/mol. The Morgan fingerprint density at radius 3 is 1.98 bits per heavy atom. The molecule has 0 amide bonds. The summed E-state index contributed by atoms with van der Waals surface area (Å²) in [6.07, 6.45) is 3.60. The maximum absolute atomic E-state index is 8.11. The van der Waals surface area contributed by atoms with Gasteiger partial charge in [0.2, 0.25) is 0 Å². The number of benzene rings is 5. The molecule has 5 aromatic carbocycles. The van der Waals surface area contributed by atoms with Crippen molar-refractivity contribution >= 4 is 72.8 Å². The van der Waals surface area contributed by atoms with Crippen LogP contribution < -0.4 is 24.0 Å². The van der Waals surface area contributed by atoms with Crippen molar-refractivity contribution in [3.05, 3.63) is 120 Å². The van der Waals surface area contributed by atoms with E-state index in [9.17, 15) is 0 Å². The van der Waals surface area contributed by atoms with E-state index in [1.165, 1.54) is 74.1 Å². The summed E-state index contributed by atoms with van der Waals surface area (Å²) in [7, 11) is 12.3. The Morgan fingerprint density at radius 1 is 0.694 bits per heavy atom. The van der Waals surface area contributed by atoms with E-state index in [4.69, 9.17) is 17.0 Å². The fourth-order valence-electron chi connectivity index (χ4n) is 7.97. The van der Waals surface area contributed by atoms with Gasteiger partial charge in [-0.25, -0.2) is 0 Å². The van der Waals surface area contributed by atoms with Crippen LogP contribution in [0.4, 0.5) is 0 Å². The molecule has 0 saturated carbocycles. The van der Waals surface area contributed by atoms with E-state index in [0.29, 0.717) is 5.92 Å². The monoisotopic (exact) mass is 808 g/mol. The number of rotatable bonds is 8. The van der Waals surface area contributed by atoms with Crippen molar-refractivity contribution in [3.8, 4) is 33.4 Å². The topological polar surface area (TPSA) is 0 Å². The molecule has 2 atom stereocenters. The molecule has 2 unspecified atom stereocenters. The third-order valence-electron chi connectivity index (χ3n) is 11.0. The van der Waals surface area contributed by atoms with Crippen LogP contribution in [0, 0.1) is 5.92 Å². The van der Waals surface area contributed by atoms with Gasteiger partial charge in [-0.05, 0) is 0 Å². The average Bonchev–Trinajstić information content (AvgIpc) is 3.66. The van der Waals surface area contributed by atoms with Crippen molar-refractivity contribution in [1.29, 1.82) is 0 Å². The Bertz CT molecular complexity index is 2070. The third-order valence-corrected chi connectivity index (χ3v) is 29.3. The van der Waals surface area contributed by atoms with Gasteiger partial charge in [-0.3, -0.25) is 0 Å². The van der Waals surface area contributed by atoms with E-state index in [1.54, 1.807) is 0 Å². The van der Waals surface area contributed by atoms with Gasteiger partial charge >= 0.3 is 313 Å². The van der Waals surface area contributed by atoms with Crippen molar-refractivity contribution in [2.75, 3.05) is 0 Å². The molecule has 250 valence electrons. The first kappa shape index (κ1) is 35.4. The average molecular weight is 811 g/mol. The van der Waals surface area contributed by atoms with Gasteiger partial charge in [0.1, 0.15) is 0 Å². The minimum atomic E-state index is -4.14. The Labute approximate surface area is 310 Å². The maximum atomic E-state index is 8.11. The second-order valence-electron chi connectivity index (χ2n) is 16.3. The van der Waals surface area contributed by atoms with Crippen LogP contribution >= 0.6 is 17.0 Å². The molecule has 49 heavy (non-hydrogen) atoms. The summed E-state index contributed by atoms with van der Waals surface area (Å²) >= 11 is -4.14. The van der Waals surface area contributed by atoms with Crippen molar-refractivity contribution in [2.24, 2.45) is 5.92 Å². The number of halogens is 2. The van der Waals surface area contributed by atoms with Crippen LogP contribution in [0.1, 0.15) is 35.0 Å². The molecule has 7 rings (SSSR count). The first-order chi connectivity index (χ1) is 23.2. The van der Waals surface area contributed by atoms with Crippen LogP contribution in [0.5, 0.6) is 0 Å². The van der Waals surface area contributed by atoms with Crippen LogP contribution in [0.15, 0.2) is 109 Å². The van der Waals surface area contributed by atoms with E-state index in [1.807, 2.05) is 0 Å². The van der Waals surface area contributed by atoms with E-state index in [2.05, 4.69) is 162 Å². The van der Waals surface area contributed by atoms with E-state index < -0.39 is 43.5 Å². The molecule has 6 heteroatoms. The first-order valence-corrected chi connectivity index (χ1v) is 35.3. The van der Waals surface area contributed by atoms with Crippen LogP contribution in [-0.2, 0) is 17.9 Å². The molecule has 0 spiro atoms. The predicted octanol–water partition coefficient (Wildman–Crippen LogP) is 9.48. The number of hydrogen-bond donors (Lipinski definition) is 0. The van der Waals surface area contributed by atoms with Crippen LogP contribution in [0.3, 0.4) is 0 Å². The molecular weight excluding hydrogens is 763 g/mol. The molecule has 0 fully saturated rings. The van der Waals surface area contributed by atoms with Crippen molar-refractivity contribution in [1.82, 2.24) is 0 Å². The van der Waals surface area contributed by atoms with Gasteiger partial charge in [0.05, 0.1) is 0 Å². The molecule has 1 aliphatic carbocycles. The number of fused-ring (bicyclic) bond motifs is 4. The summed E-state index contributed by atoms with van der Waals surface area (Å²) in [6, 6.07) is 39.1. The molecule has 0 nitrogen and oxygen atoms in total. The molecule has 1 heterocycles. The zero-order valence-corrected chi connectivity index (χ0v) is 37.6. The van der Waals surface area contributed by atoms with Crippen molar-refractivity contribution < 1.29 is 17.9 Å². The Morgan fingerprint density at radius 2 is 1.33 bits per heavy atom. The Kier molecular flexibility index (Phi) is 9.51. The van der Waals surface area contributed by atoms with Gasteiger partial charge in [0.25, 0.3) is 0 Å². The summed E-state index contributed by atoms with van der Waals surface area (Å²) in [6.45, 7) is 19.6. The van der Waals surface area contributed by atoms with Gasteiger partial charge < -0.3 is 0 Å². The van der Waals surface area contributed by atoms with Crippen LogP contribution in [-0.4, -0.2) is 25.7 Å². The van der Waals surface area contributed by atoms with Gasteiger partial charge in [-0.1, -0.05) is 0 Å². The van der Waals surface area contributed by atoms with E-state index in [-0.39, 0.29) is 3.63 Å². The summed E-state index contributed by atoms with van der Waals surface area (Å²) in [5, 5.41) is 6.07. The van der Waals surface area contributed by atoms with E-state index >= 15 is 0 Å². The Balaban J connectivity index is 1.50. The molecule has 0 radical (unpaired) electrons. The molecule has 5 aromatic rings. The quantitative estimate of drug-likeness (QED) is 0.135. The standard InChI is InChI=1S/C31H39Si2.C12H9Si.2ClH.Zr/c1-9-22(2)25-17-24-15-16-29(23-13-11-10-12-14-23)31(30(24)20-25)26-18-27(32(3,4)5)21-28(19-26)33(6,7)8;1-3-7-11-9(5-1)10-6-2-4-8-12(10)13-11;;;/h10-22H,9H2,1-8H3;1-7H,13H2;2*1H;/q;;;;+2/p-2. The van der Waals surface area contributed by atoms with Crippen molar-refractivity contribution in [2.45, 2.75) is 63.2 Å². The molecule has 2 aliphatic rings. The minimum absolute atomic E-state index is 0.0620. The summed E-state index contributed by atoms with van der Waals surface area (Å²) < 4.78 is 1.37. The fraction of sp³-hybridized carbons (Fsp3) is 0.256. The SMILES string of the molecule is CCC(C)C1=Cc2c(ccc(-c3ccccc3)c2-c2cc([Si](C)(C)C)cc([Si](C)(C)C)c2)[CH]1[Zr]([Cl])([Cl])[c]1cccc2c1[SiH2]c1ccccc1-2.